The number of benzene rings is 3. The molecule has 208 valence electrons. The number of carboxylic acid groups (broad SMARTS) is 1. The number of rotatable bonds is 12. The van der Waals surface area contributed by atoms with Crippen molar-refractivity contribution in [2.24, 2.45) is 0 Å². The van der Waals surface area contributed by atoms with Gasteiger partial charge in [0.15, 0.2) is 0 Å². The van der Waals surface area contributed by atoms with Crippen LogP contribution in [0.5, 0.6) is 11.5 Å². The Kier molecular flexibility index (Phi) is 10.2. The predicted molar refractivity (Wildman–Crippen MR) is 147 cm³/mol. The molecular formula is C31H34F3NO4. The molecule has 0 unspecified atom stereocenters. The van der Waals surface area contributed by atoms with Crippen molar-refractivity contribution in [3.05, 3.63) is 88.5 Å². The molecule has 0 radical (unpaired) electrons. The number of aryl methyl sites for hydroxylation is 1. The minimum Gasteiger partial charge on any atom is -0.497 e. The van der Waals surface area contributed by atoms with Gasteiger partial charge in [-0.25, -0.2) is 4.79 Å². The summed E-state index contributed by atoms with van der Waals surface area (Å²) < 4.78 is 52.6. The normalized spacial score (nSPS) is 12.5. The third kappa shape index (κ3) is 7.86. The molecule has 0 saturated carbocycles. The average molecular weight is 542 g/mol. The van der Waals surface area contributed by atoms with Crippen LogP contribution in [0.2, 0.25) is 0 Å². The summed E-state index contributed by atoms with van der Waals surface area (Å²) in [5, 5.41) is 12.5. The lowest BCUT2D eigenvalue weighted by Gasteiger charge is -2.19. The number of hydrogen-bond donors (Lipinski definition) is 2. The number of hydrogen-bond acceptors (Lipinski definition) is 4. The van der Waals surface area contributed by atoms with Crippen LogP contribution >= 0.6 is 0 Å². The smallest absolute Gasteiger partial charge is 0.416 e. The average Bonchev–Trinajstić information content (AvgIpc) is 2.92. The Morgan fingerprint density at radius 1 is 1.05 bits per heavy atom. The van der Waals surface area contributed by atoms with Crippen molar-refractivity contribution in [3.8, 4) is 22.6 Å². The van der Waals surface area contributed by atoms with Crippen LogP contribution in [0.15, 0.2) is 60.7 Å². The molecule has 0 fully saturated rings. The largest absolute Gasteiger partial charge is 0.497 e. The lowest BCUT2D eigenvalue weighted by Crippen LogP contribution is -2.24. The maximum atomic E-state index is 13.8. The van der Waals surface area contributed by atoms with E-state index in [1.165, 1.54) is 6.08 Å². The first-order chi connectivity index (χ1) is 18.6. The van der Waals surface area contributed by atoms with E-state index in [9.17, 15) is 18.0 Å². The number of alkyl halides is 3. The molecule has 39 heavy (non-hydrogen) atoms. The van der Waals surface area contributed by atoms with E-state index in [4.69, 9.17) is 14.6 Å². The van der Waals surface area contributed by atoms with Crippen molar-refractivity contribution in [2.45, 2.75) is 45.8 Å². The second-order valence-electron chi connectivity index (χ2n) is 9.09. The second-order valence-corrected chi connectivity index (χ2v) is 9.09. The van der Waals surface area contributed by atoms with Gasteiger partial charge in [0.25, 0.3) is 0 Å². The molecule has 3 aromatic rings. The van der Waals surface area contributed by atoms with E-state index in [0.717, 1.165) is 46.2 Å². The number of methoxy groups -OCH3 is 1. The molecule has 5 nitrogen and oxygen atoms in total. The van der Waals surface area contributed by atoms with Gasteiger partial charge in [0.2, 0.25) is 0 Å². The summed E-state index contributed by atoms with van der Waals surface area (Å²) >= 11 is 0. The Morgan fingerprint density at radius 2 is 1.82 bits per heavy atom. The third-order valence-electron chi connectivity index (χ3n) is 6.53. The van der Waals surface area contributed by atoms with E-state index >= 15 is 0 Å². The van der Waals surface area contributed by atoms with E-state index in [-0.39, 0.29) is 18.4 Å². The fourth-order valence-electron chi connectivity index (χ4n) is 4.51. The molecule has 1 atom stereocenters. The molecule has 0 amide bonds. The lowest BCUT2D eigenvalue weighted by molar-refractivity contribution is -0.137. The zero-order valence-corrected chi connectivity index (χ0v) is 22.6. The van der Waals surface area contributed by atoms with Gasteiger partial charge in [-0.1, -0.05) is 38.1 Å². The van der Waals surface area contributed by atoms with Gasteiger partial charge in [-0.2, -0.15) is 13.2 Å². The monoisotopic (exact) mass is 541 g/mol. The molecule has 0 saturated heterocycles. The van der Waals surface area contributed by atoms with Crippen molar-refractivity contribution in [1.82, 2.24) is 5.32 Å². The SMILES string of the molecule is CCc1ccc(-c2cc(OCCN[C@H](C)c3cccc(OC)c3)cc(C(F)(F)F)c2)c(CC)c1/C=C/C(=O)O. The molecular weight excluding hydrogens is 507 g/mol. The van der Waals surface area contributed by atoms with Gasteiger partial charge in [0.1, 0.15) is 18.1 Å². The van der Waals surface area contributed by atoms with Crippen molar-refractivity contribution in [3.63, 3.8) is 0 Å². The van der Waals surface area contributed by atoms with Crippen LogP contribution in [-0.4, -0.2) is 31.3 Å². The van der Waals surface area contributed by atoms with Crippen molar-refractivity contribution >= 4 is 12.0 Å². The van der Waals surface area contributed by atoms with Crippen LogP contribution in [0.3, 0.4) is 0 Å². The Bertz CT molecular complexity index is 1320. The maximum absolute atomic E-state index is 13.8. The Hall–Kier alpha value is -3.78. The summed E-state index contributed by atoms with van der Waals surface area (Å²) in [5.41, 5.74) is 3.61. The number of ether oxygens (including phenoxy) is 2. The van der Waals surface area contributed by atoms with Crippen LogP contribution in [0, 0.1) is 0 Å². The molecule has 2 N–H and O–H groups in total. The molecule has 8 heteroatoms. The first-order valence-corrected chi connectivity index (χ1v) is 12.9. The number of aliphatic carboxylic acids is 1. The standard InChI is InChI=1S/C31H34F3NO4/c1-5-21-10-11-29(27(6-2)28(21)12-13-30(36)37)23-16-24(31(32,33)34)19-26(18-23)39-15-14-35-20(3)22-8-7-9-25(17-22)38-4/h7-13,16-20,35H,5-6,14-15H2,1-4H3,(H,36,37)/b13-12+/t20-/m1/s1. The highest BCUT2D eigenvalue weighted by atomic mass is 19.4. The fraction of sp³-hybridized carbons (Fsp3) is 0.323. The number of carboxylic acids is 1. The molecule has 0 aliphatic carbocycles. The molecule has 3 rings (SSSR count). The molecule has 3 aromatic carbocycles. The minimum atomic E-state index is -4.56. The van der Waals surface area contributed by atoms with Crippen LogP contribution in [0.4, 0.5) is 13.2 Å². The lowest BCUT2D eigenvalue weighted by atomic mass is 9.88. The third-order valence-corrected chi connectivity index (χ3v) is 6.53. The molecule has 0 bridgehead atoms. The van der Waals surface area contributed by atoms with Crippen LogP contribution in [0.25, 0.3) is 17.2 Å². The van der Waals surface area contributed by atoms with Gasteiger partial charge in [-0.05, 0) is 89.6 Å². The molecule has 0 aromatic heterocycles. The number of carbonyl (C=O) groups is 1. The summed E-state index contributed by atoms with van der Waals surface area (Å²) in [5.74, 6) is -0.234. The van der Waals surface area contributed by atoms with E-state index < -0.39 is 17.7 Å². The molecule has 0 aliphatic rings. The van der Waals surface area contributed by atoms with Gasteiger partial charge in [0, 0.05) is 18.7 Å². The summed E-state index contributed by atoms with van der Waals surface area (Å²) in [7, 11) is 1.60. The highest BCUT2D eigenvalue weighted by Crippen LogP contribution is 2.38. The van der Waals surface area contributed by atoms with Gasteiger partial charge in [0.05, 0.1) is 12.7 Å². The van der Waals surface area contributed by atoms with Crippen LogP contribution in [0.1, 0.15) is 54.6 Å². The van der Waals surface area contributed by atoms with Crippen LogP contribution in [-0.2, 0) is 23.8 Å². The molecule has 0 heterocycles. The highest BCUT2D eigenvalue weighted by Gasteiger charge is 2.32. The number of halogens is 3. The summed E-state index contributed by atoms with van der Waals surface area (Å²) in [6.07, 6.45) is -0.817. The Labute approximate surface area is 227 Å². The van der Waals surface area contributed by atoms with Gasteiger partial charge in [-0.3, -0.25) is 0 Å². The van der Waals surface area contributed by atoms with Crippen molar-refractivity contribution in [2.75, 3.05) is 20.3 Å². The maximum Gasteiger partial charge on any atom is 0.416 e. The zero-order valence-electron chi connectivity index (χ0n) is 22.6. The van der Waals surface area contributed by atoms with Gasteiger partial charge in [-0.15, -0.1) is 0 Å². The quantitative estimate of drug-likeness (QED) is 0.186. The van der Waals surface area contributed by atoms with Crippen LogP contribution < -0.4 is 14.8 Å². The molecule has 0 spiro atoms. The fourth-order valence-corrected chi connectivity index (χ4v) is 4.51. The minimum absolute atomic E-state index is 0.0118. The van der Waals surface area contributed by atoms with E-state index in [2.05, 4.69) is 5.32 Å². The van der Waals surface area contributed by atoms with E-state index in [1.54, 1.807) is 19.2 Å². The van der Waals surface area contributed by atoms with Crippen molar-refractivity contribution < 1.29 is 32.5 Å². The van der Waals surface area contributed by atoms with Gasteiger partial charge < -0.3 is 19.9 Å². The van der Waals surface area contributed by atoms with E-state index in [0.29, 0.717) is 30.5 Å². The van der Waals surface area contributed by atoms with E-state index in [1.807, 2.05) is 51.1 Å². The first-order valence-electron chi connectivity index (χ1n) is 12.9. The second kappa shape index (κ2) is 13.3. The summed E-state index contributed by atoms with van der Waals surface area (Å²) in [4.78, 5) is 11.2. The summed E-state index contributed by atoms with van der Waals surface area (Å²) in [6.45, 7) is 6.42. The van der Waals surface area contributed by atoms with Crippen molar-refractivity contribution in [1.29, 1.82) is 0 Å². The zero-order chi connectivity index (χ0) is 28.6. The Balaban J connectivity index is 1.88. The Morgan fingerprint density at radius 3 is 2.46 bits per heavy atom. The number of nitrogens with one attached hydrogen (secondary N) is 1. The topological polar surface area (TPSA) is 67.8 Å². The first kappa shape index (κ1) is 29.8. The molecule has 0 aliphatic heterocycles. The highest BCUT2D eigenvalue weighted by molar-refractivity contribution is 5.87. The predicted octanol–water partition coefficient (Wildman–Crippen LogP) is 7.33. The van der Waals surface area contributed by atoms with Gasteiger partial charge >= 0.3 is 12.1 Å². The summed E-state index contributed by atoms with van der Waals surface area (Å²) in [6, 6.07) is 15.0.